The summed E-state index contributed by atoms with van der Waals surface area (Å²) in [5.74, 6) is 1.11. The van der Waals surface area contributed by atoms with E-state index in [1.165, 1.54) is 0 Å². The van der Waals surface area contributed by atoms with E-state index in [0.717, 1.165) is 23.5 Å². The predicted molar refractivity (Wildman–Crippen MR) is 105 cm³/mol. The van der Waals surface area contributed by atoms with Crippen molar-refractivity contribution in [3.8, 4) is 0 Å². The van der Waals surface area contributed by atoms with E-state index in [1.54, 1.807) is 6.20 Å². The van der Waals surface area contributed by atoms with Gasteiger partial charge in [0, 0.05) is 24.6 Å². The molecule has 3 aromatic rings. The fourth-order valence-corrected chi connectivity index (χ4v) is 3.60. The fourth-order valence-electron chi connectivity index (χ4n) is 3.60. The molecule has 8 nitrogen and oxygen atoms in total. The van der Waals surface area contributed by atoms with Crippen LogP contribution in [-0.4, -0.2) is 31.5 Å². The molecule has 1 saturated heterocycles. The van der Waals surface area contributed by atoms with E-state index in [-0.39, 0.29) is 24.0 Å². The summed E-state index contributed by atoms with van der Waals surface area (Å²) >= 11 is 0. The van der Waals surface area contributed by atoms with Gasteiger partial charge in [-0.3, -0.25) is 14.2 Å². The number of nitrogens with one attached hydrogen (secondary N) is 3. The summed E-state index contributed by atoms with van der Waals surface area (Å²) in [7, 11) is 0. The highest BCUT2D eigenvalue weighted by Gasteiger charge is 2.32. The van der Waals surface area contributed by atoms with Gasteiger partial charge in [0.2, 0.25) is 5.91 Å². The van der Waals surface area contributed by atoms with Crippen molar-refractivity contribution in [3.63, 3.8) is 0 Å². The molecule has 146 valence electrons. The van der Waals surface area contributed by atoms with E-state index in [0.29, 0.717) is 12.3 Å². The molecule has 3 atom stereocenters. The Labute approximate surface area is 163 Å². The summed E-state index contributed by atoms with van der Waals surface area (Å²) in [6, 6.07) is 9.22. The zero-order chi connectivity index (χ0) is 19.5. The third-order valence-corrected chi connectivity index (χ3v) is 4.98. The Morgan fingerprint density at radius 1 is 1.25 bits per heavy atom. The number of pyridine rings is 2. The van der Waals surface area contributed by atoms with Crippen LogP contribution in [0.15, 0.2) is 48.9 Å². The molecule has 1 aliphatic heterocycles. The average Bonchev–Trinajstić information content (AvgIpc) is 3.35. The van der Waals surface area contributed by atoms with Crippen molar-refractivity contribution < 1.29 is 4.79 Å². The number of hydrogen-bond acceptors (Lipinski definition) is 6. The van der Waals surface area contributed by atoms with Gasteiger partial charge < -0.3 is 5.32 Å². The summed E-state index contributed by atoms with van der Waals surface area (Å²) in [5, 5.41) is 11.8. The zero-order valence-corrected chi connectivity index (χ0v) is 16.0. The minimum Gasteiger partial charge on any atom is -0.345 e. The SMILES string of the molecule is CC(C)C[C@@H](NC(=O)C1CC(c2cccnc2)NN1)c1nnc2ccccn12. The molecule has 0 saturated carbocycles. The average molecular weight is 379 g/mol. The molecule has 0 bridgehead atoms. The van der Waals surface area contributed by atoms with Crippen LogP contribution in [0.5, 0.6) is 0 Å². The Bertz CT molecular complexity index is 940. The number of nitrogens with zero attached hydrogens (tertiary/aromatic N) is 4. The number of aromatic nitrogens is 4. The number of carbonyl (C=O) groups is 1. The second-order valence-electron chi connectivity index (χ2n) is 7.59. The summed E-state index contributed by atoms with van der Waals surface area (Å²) in [6.07, 6.45) is 6.94. The van der Waals surface area contributed by atoms with Crippen molar-refractivity contribution in [1.29, 1.82) is 0 Å². The maximum Gasteiger partial charge on any atom is 0.239 e. The predicted octanol–water partition coefficient (Wildman–Crippen LogP) is 1.94. The molecular weight excluding hydrogens is 354 g/mol. The first-order valence-corrected chi connectivity index (χ1v) is 9.63. The normalized spacial score (nSPS) is 20.5. The van der Waals surface area contributed by atoms with E-state index >= 15 is 0 Å². The van der Waals surface area contributed by atoms with Crippen LogP contribution in [0.3, 0.4) is 0 Å². The highest BCUT2D eigenvalue weighted by molar-refractivity contribution is 5.82. The Kier molecular flexibility index (Phi) is 5.31. The topological polar surface area (TPSA) is 96.2 Å². The lowest BCUT2D eigenvalue weighted by molar-refractivity contribution is -0.123. The molecule has 3 aromatic heterocycles. The highest BCUT2D eigenvalue weighted by Crippen LogP contribution is 2.24. The Balaban J connectivity index is 1.49. The van der Waals surface area contributed by atoms with Gasteiger partial charge in [0.1, 0.15) is 6.04 Å². The van der Waals surface area contributed by atoms with Crippen molar-refractivity contribution in [2.45, 2.75) is 44.8 Å². The smallest absolute Gasteiger partial charge is 0.239 e. The minimum atomic E-state index is -0.320. The number of rotatable bonds is 6. The standard InChI is InChI=1S/C20H25N7O/c1-13(2)10-16(19-26-25-18-7-3-4-9-27(18)19)22-20(28)17-11-15(23-24-17)14-6-5-8-21-12-14/h3-9,12-13,15-17,23-24H,10-11H2,1-2H3,(H,22,28)/t15?,16-,17?/m1/s1. The summed E-state index contributed by atoms with van der Waals surface area (Å²) in [4.78, 5) is 17.1. The van der Waals surface area contributed by atoms with Crippen LogP contribution >= 0.6 is 0 Å². The molecule has 1 amide bonds. The quantitative estimate of drug-likeness (QED) is 0.606. The minimum absolute atomic E-state index is 0.0442. The van der Waals surface area contributed by atoms with Gasteiger partial charge in [0.05, 0.1) is 6.04 Å². The van der Waals surface area contributed by atoms with Gasteiger partial charge in [-0.15, -0.1) is 10.2 Å². The lowest BCUT2D eigenvalue weighted by Gasteiger charge is -2.21. The van der Waals surface area contributed by atoms with Crippen LogP contribution in [0.25, 0.3) is 5.65 Å². The van der Waals surface area contributed by atoms with Crippen LogP contribution < -0.4 is 16.2 Å². The molecule has 4 rings (SSSR count). The van der Waals surface area contributed by atoms with Crippen molar-refractivity contribution in [1.82, 2.24) is 35.8 Å². The second kappa shape index (κ2) is 8.04. The van der Waals surface area contributed by atoms with Crippen LogP contribution in [-0.2, 0) is 4.79 Å². The first kappa shape index (κ1) is 18.5. The van der Waals surface area contributed by atoms with Crippen LogP contribution in [0.1, 0.15) is 50.2 Å². The number of carbonyl (C=O) groups excluding carboxylic acids is 1. The first-order chi connectivity index (χ1) is 13.6. The van der Waals surface area contributed by atoms with Crippen molar-refractivity contribution >= 4 is 11.6 Å². The van der Waals surface area contributed by atoms with E-state index < -0.39 is 0 Å². The van der Waals surface area contributed by atoms with E-state index in [2.05, 4.69) is 45.2 Å². The van der Waals surface area contributed by atoms with E-state index in [1.807, 2.05) is 47.1 Å². The lowest BCUT2D eigenvalue weighted by Crippen LogP contribution is -2.45. The number of amides is 1. The molecule has 0 radical (unpaired) electrons. The molecule has 1 fully saturated rings. The Hall–Kier alpha value is -2.84. The van der Waals surface area contributed by atoms with Crippen molar-refractivity contribution in [2.24, 2.45) is 5.92 Å². The zero-order valence-electron chi connectivity index (χ0n) is 16.0. The number of hydrogen-bond donors (Lipinski definition) is 3. The fraction of sp³-hybridized carbons (Fsp3) is 0.400. The molecule has 0 spiro atoms. The van der Waals surface area contributed by atoms with Gasteiger partial charge in [-0.25, -0.2) is 10.9 Å². The van der Waals surface area contributed by atoms with Crippen LogP contribution in [0.2, 0.25) is 0 Å². The summed E-state index contributed by atoms with van der Waals surface area (Å²) in [5.41, 5.74) is 8.15. The maximum absolute atomic E-state index is 13.0. The largest absolute Gasteiger partial charge is 0.345 e. The molecule has 4 heterocycles. The van der Waals surface area contributed by atoms with Crippen molar-refractivity contribution in [3.05, 3.63) is 60.3 Å². The molecular formula is C20H25N7O. The van der Waals surface area contributed by atoms with E-state index in [4.69, 9.17) is 0 Å². The van der Waals surface area contributed by atoms with Gasteiger partial charge in [0.15, 0.2) is 11.5 Å². The van der Waals surface area contributed by atoms with Gasteiger partial charge in [-0.05, 0) is 42.5 Å². The second-order valence-corrected chi connectivity index (χ2v) is 7.59. The van der Waals surface area contributed by atoms with Gasteiger partial charge in [-0.2, -0.15) is 0 Å². The third kappa shape index (κ3) is 3.88. The summed E-state index contributed by atoms with van der Waals surface area (Å²) < 4.78 is 1.94. The first-order valence-electron chi connectivity index (χ1n) is 9.63. The van der Waals surface area contributed by atoms with Gasteiger partial charge in [-0.1, -0.05) is 26.0 Å². The van der Waals surface area contributed by atoms with Crippen LogP contribution in [0.4, 0.5) is 0 Å². The molecule has 2 unspecified atom stereocenters. The third-order valence-electron chi connectivity index (χ3n) is 4.98. The summed E-state index contributed by atoms with van der Waals surface area (Å²) in [6.45, 7) is 4.27. The van der Waals surface area contributed by atoms with Gasteiger partial charge >= 0.3 is 0 Å². The molecule has 8 heteroatoms. The molecule has 0 aliphatic carbocycles. The molecule has 28 heavy (non-hydrogen) atoms. The Morgan fingerprint density at radius 2 is 2.14 bits per heavy atom. The Morgan fingerprint density at radius 3 is 2.93 bits per heavy atom. The molecule has 3 N–H and O–H groups in total. The number of fused-ring (bicyclic) bond motifs is 1. The van der Waals surface area contributed by atoms with Crippen molar-refractivity contribution in [2.75, 3.05) is 0 Å². The molecule has 0 aromatic carbocycles. The monoisotopic (exact) mass is 379 g/mol. The highest BCUT2D eigenvalue weighted by atomic mass is 16.2. The maximum atomic E-state index is 13.0. The number of hydrazine groups is 1. The molecule has 1 aliphatic rings. The van der Waals surface area contributed by atoms with E-state index in [9.17, 15) is 4.79 Å². The lowest BCUT2D eigenvalue weighted by atomic mass is 10.0. The van der Waals surface area contributed by atoms with Crippen LogP contribution in [0, 0.1) is 5.92 Å². The van der Waals surface area contributed by atoms with Gasteiger partial charge in [0.25, 0.3) is 0 Å².